The van der Waals surface area contributed by atoms with Crippen LogP contribution in [0.3, 0.4) is 0 Å². The van der Waals surface area contributed by atoms with E-state index < -0.39 is 18.0 Å². The van der Waals surface area contributed by atoms with E-state index in [0.717, 1.165) is 6.34 Å². The average molecular weight is 414 g/mol. The summed E-state index contributed by atoms with van der Waals surface area (Å²) < 4.78 is 20.0. The zero-order chi connectivity index (χ0) is 21.7. The standard InChI is InChI=1S/C20H23FN6O3/c1-13(28)24-10-16-11-27(20(29)30-16)15-3-4-17(18(21)8-15)14-2-5-19(25-9-14)26(12-23)7-6-22/h2-5,8-9,12,16,23H,6-7,10-11,22H2,1H3,(H,24,28)/t16-/m0/s1. The summed E-state index contributed by atoms with van der Waals surface area (Å²) in [7, 11) is 0. The summed E-state index contributed by atoms with van der Waals surface area (Å²) in [5.41, 5.74) is 6.79. The lowest BCUT2D eigenvalue weighted by Gasteiger charge is -2.17. The summed E-state index contributed by atoms with van der Waals surface area (Å²) >= 11 is 0. The summed E-state index contributed by atoms with van der Waals surface area (Å²) in [5.74, 6) is -0.182. The molecule has 0 saturated carbocycles. The summed E-state index contributed by atoms with van der Waals surface area (Å²) in [6.45, 7) is 2.63. The van der Waals surface area contributed by atoms with Crippen molar-refractivity contribution in [3.05, 3.63) is 42.3 Å². The zero-order valence-electron chi connectivity index (χ0n) is 16.5. The van der Waals surface area contributed by atoms with Crippen molar-refractivity contribution in [2.75, 3.05) is 36.0 Å². The number of hydrogen-bond acceptors (Lipinski definition) is 6. The molecule has 0 spiro atoms. The van der Waals surface area contributed by atoms with Gasteiger partial charge in [-0.3, -0.25) is 15.1 Å². The molecule has 10 heteroatoms. The normalized spacial score (nSPS) is 15.6. The van der Waals surface area contributed by atoms with E-state index in [-0.39, 0.29) is 19.0 Å². The van der Waals surface area contributed by atoms with Gasteiger partial charge in [-0.15, -0.1) is 0 Å². The smallest absolute Gasteiger partial charge is 0.414 e. The highest BCUT2D eigenvalue weighted by molar-refractivity contribution is 5.90. The highest BCUT2D eigenvalue weighted by Crippen LogP contribution is 2.29. The number of nitrogens with one attached hydrogen (secondary N) is 2. The summed E-state index contributed by atoms with van der Waals surface area (Å²) in [6.07, 6.45) is 1.58. The Bertz CT molecular complexity index is 937. The van der Waals surface area contributed by atoms with Gasteiger partial charge in [0.2, 0.25) is 5.91 Å². The van der Waals surface area contributed by atoms with Gasteiger partial charge in [0.1, 0.15) is 17.7 Å². The third kappa shape index (κ3) is 4.71. The van der Waals surface area contributed by atoms with Crippen LogP contribution in [0.4, 0.5) is 20.7 Å². The van der Waals surface area contributed by atoms with Gasteiger partial charge in [-0.1, -0.05) is 0 Å². The Kier molecular flexibility index (Phi) is 6.58. The number of nitrogens with zero attached hydrogens (tertiary/aromatic N) is 3. The van der Waals surface area contributed by atoms with Gasteiger partial charge in [-0.2, -0.15) is 0 Å². The summed E-state index contributed by atoms with van der Waals surface area (Å²) in [6, 6.07) is 7.87. The van der Waals surface area contributed by atoms with E-state index in [1.54, 1.807) is 29.2 Å². The number of ether oxygens (including phenoxy) is 1. The van der Waals surface area contributed by atoms with Crippen LogP contribution in [0.25, 0.3) is 11.1 Å². The van der Waals surface area contributed by atoms with Crippen molar-refractivity contribution in [1.29, 1.82) is 5.41 Å². The first-order chi connectivity index (χ1) is 14.4. The van der Waals surface area contributed by atoms with Gasteiger partial charge in [0.25, 0.3) is 0 Å². The van der Waals surface area contributed by atoms with Crippen LogP contribution in [0, 0.1) is 11.2 Å². The van der Waals surface area contributed by atoms with Crippen LogP contribution in [0.15, 0.2) is 36.5 Å². The number of amides is 2. The molecule has 3 rings (SSSR count). The predicted molar refractivity (Wildman–Crippen MR) is 111 cm³/mol. The second-order valence-corrected chi connectivity index (χ2v) is 6.73. The van der Waals surface area contributed by atoms with Crippen molar-refractivity contribution in [2.45, 2.75) is 13.0 Å². The van der Waals surface area contributed by atoms with Gasteiger partial charge in [-0.05, 0) is 30.3 Å². The molecule has 1 aliphatic rings. The molecule has 0 unspecified atom stereocenters. The molecular weight excluding hydrogens is 391 g/mol. The van der Waals surface area contributed by atoms with E-state index in [2.05, 4.69) is 10.3 Å². The number of hydrogen-bond donors (Lipinski definition) is 3. The highest BCUT2D eigenvalue weighted by Gasteiger charge is 2.32. The van der Waals surface area contributed by atoms with Crippen LogP contribution >= 0.6 is 0 Å². The molecule has 0 bridgehead atoms. The molecule has 1 aromatic heterocycles. The van der Waals surface area contributed by atoms with Crippen LogP contribution in [-0.2, 0) is 9.53 Å². The number of cyclic esters (lactones) is 1. The SMILES string of the molecule is CC(=O)NC[C@H]1CN(c2ccc(-c3ccc(N(C=N)CCN)nc3)c(F)c2)C(=O)O1. The fraction of sp³-hybridized carbons (Fsp3) is 0.300. The molecule has 0 radical (unpaired) electrons. The van der Waals surface area contributed by atoms with Crippen molar-refractivity contribution < 1.29 is 18.7 Å². The summed E-state index contributed by atoms with van der Waals surface area (Å²) in [5, 5.41) is 10.0. The number of aromatic nitrogens is 1. The second kappa shape index (κ2) is 9.31. The molecule has 1 atom stereocenters. The Hall–Kier alpha value is -3.53. The van der Waals surface area contributed by atoms with Gasteiger partial charge in [-0.25, -0.2) is 14.2 Å². The number of halogens is 1. The van der Waals surface area contributed by atoms with E-state index in [4.69, 9.17) is 15.9 Å². The third-order valence-corrected chi connectivity index (χ3v) is 4.60. The first-order valence-corrected chi connectivity index (χ1v) is 9.38. The van der Waals surface area contributed by atoms with Crippen LogP contribution in [0.5, 0.6) is 0 Å². The maximum absolute atomic E-state index is 14.8. The van der Waals surface area contributed by atoms with E-state index in [9.17, 15) is 14.0 Å². The number of benzene rings is 1. The van der Waals surface area contributed by atoms with Crippen molar-refractivity contribution >= 4 is 29.8 Å². The molecule has 0 aliphatic carbocycles. The number of anilines is 2. The maximum atomic E-state index is 14.8. The summed E-state index contributed by atoms with van der Waals surface area (Å²) in [4.78, 5) is 30.3. The number of rotatable bonds is 8. The van der Waals surface area contributed by atoms with Gasteiger partial charge < -0.3 is 20.7 Å². The van der Waals surface area contributed by atoms with E-state index in [0.29, 0.717) is 35.7 Å². The molecule has 158 valence electrons. The first kappa shape index (κ1) is 21.2. The topological polar surface area (TPSA) is 125 Å². The Labute approximate surface area is 173 Å². The molecule has 4 N–H and O–H groups in total. The van der Waals surface area contributed by atoms with Gasteiger partial charge >= 0.3 is 6.09 Å². The van der Waals surface area contributed by atoms with Gasteiger partial charge in [0, 0.05) is 37.3 Å². The molecule has 1 saturated heterocycles. The minimum absolute atomic E-state index is 0.201. The molecular formula is C20H23FN6O3. The van der Waals surface area contributed by atoms with E-state index in [1.807, 2.05) is 0 Å². The lowest BCUT2D eigenvalue weighted by molar-refractivity contribution is -0.119. The number of pyridine rings is 1. The van der Waals surface area contributed by atoms with E-state index >= 15 is 0 Å². The molecule has 2 aromatic rings. The van der Waals surface area contributed by atoms with Crippen LogP contribution < -0.4 is 20.9 Å². The second-order valence-electron chi connectivity index (χ2n) is 6.73. The number of nitrogens with two attached hydrogens (primary N) is 1. The molecule has 1 aromatic carbocycles. The minimum atomic E-state index is -0.588. The Morgan fingerprint density at radius 3 is 2.87 bits per heavy atom. The van der Waals surface area contributed by atoms with Crippen LogP contribution in [0.2, 0.25) is 0 Å². The lowest BCUT2D eigenvalue weighted by atomic mass is 10.1. The average Bonchev–Trinajstić information content (AvgIpc) is 3.11. The maximum Gasteiger partial charge on any atom is 0.414 e. The largest absolute Gasteiger partial charge is 0.442 e. The van der Waals surface area contributed by atoms with E-state index in [1.165, 1.54) is 24.1 Å². The Balaban J connectivity index is 1.75. The number of carbonyl (C=O) groups is 2. The highest BCUT2D eigenvalue weighted by atomic mass is 19.1. The lowest BCUT2D eigenvalue weighted by Crippen LogP contribution is -2.33. The van der Waals surface area contributed by atoms with Crippen LogP contribution in [0.1, 0.15) is 6.92 Å². The van der Waals surface area contributed by atoms with Gasteiger partial charge in [0.05, 0.1) is 25.1 Å². The fourth-order valence-electron chi connectivity index (χ4n) is 3.10. The van der Waals surface area contributed by atoms with Gasteiger partial charge in [0.15, 0.2) is 0 Å². The molecule has 2 heterocycles. The molecule has 2 amide bonds. The first-order valence-electron chi connectivity index (χ1n) is 9.38. The Morgan fingerprint density at radius 2 is 2.27 bits per heavy atom. The zero-order valence-corrected chi connectivity index (χ0v) is 16.5. The fourth-order valence-corrected chi connectivity index (χ4v) is 3.10. The van der Waals surface area contributed by atoms with Crippen LogP contribution in [-0.4, -0.2) is 55.6 Å². The third-order valence-electron chi connectivity index (χ3n) is 4.60. The van der Waals surface area contributed by atoms with Crippen molar-refractivity contribution in [1.82, 2.24) is 10.3 Å². The Morgan fingerprint density at radius 1 is 1.47 bits per heavy atom. The molecule has 1 fully saturated rings. The molecule has 30 heavy (non-hydrogen) atoms. The van der Waals surface area contributed by atoms with Crippen molar-refractivity contribution in [2.24, 2.45) is 5.73 Å². The molecule has 9 nitrogen and oxygen atoms in total. The monoisotopic (exact) mass is 414 g/mol. The minimum Gasteiger partial charge on any atom is -0.442 e. The predicted octanol–water partition coefficient (Wildman–Crippen LogP) is 1.72. The van der Waals surface area contributed by atoms with Crippen molar-refractivity contribution in [3.63, 3.8) is 0 Å². The van der Waals surface area contributed by atoms with Crippen molar-refractivity contribution in [3.8, 4) is 11.1 Å². The number of carbonyl (C=O) groups excluding carboxylic acids is 2. The quantitative estimate of drug-likeness (QED) is 0.446. The molecule has 1 aliphatic heterocycles.